The third kappa shape index (κ3) is 4.01. The monoisotopic (exact) mass is 284 g/mol. The molecule has 0 atom stereocenters. The van der Waals surface area contributed by atoms with Gasteiger partial charge in [-0.25, -0.2) is 0 Å². The number of amides is 1. The third-order valence-corrected chi connectivity index (χ3v) is 3.01. The number of carbonyl (C=O) groups is 1. The average Bonchev–Trinajstić information content (AvgIpc) is 2.79. The summed E-state index contributed by atoms with van der Waals surface area (Å²) >= 11 is 0. The van der Waals surface area contributed by atoms with Gasteiger partial charge < -0.3 is 10.3 Å². The molecule has 0 fully saturated rings. The molecule has 0 spiro atoms. The Balaban J connectivity index is 1.80. The number of rotatable bonds is 5. The minimum atomic E-state index is -4.35. The topological polar surface area (TPSA) is 44.9 Å². The molecule has 2 aromatic rings. The molecule has 2 N–H and O–H groups in total. The molecule has 1 aromatic heterocycles. The van der Waals surface area contributed by atoms with Gasteiger partial charge in [0.15, 0.2) is 0 Å². The van der Waals surface area contributed by atoms with Gasteiger partial charge in [-0.2, -0.15) is 13.2 Å². The van der Waals surface area contributed by atoms with Crippen molar-refractivity contribution in [2.24, 2.45) is 0 Å². The van der Waals surface area contributed by atoms with E-state index in [0.717, 1.165) is 16.5 Å². The number of nitrogens with one attached hydrogen (secondary N) is 2. The standard InChI is InChI=1S/C14H15F3N2O/c15-14(16,17)9-19-13(20)7-3-4-10-8-18-12-6-2-1-5-11(10)12/h1-2,5-6,8,18H,3-4,7,9H2,(H,19,20). The maximum absolute atomic E-state index is 11.9. The molecule has 1 heterocycles. The molecule has 20 heavy (non-hydrogen) atoms. The number of alkyl halides is 3. The van der Waals surface area contributed by atoms with E-state index in [0.29, 0.717) is 12.8 Å². The van der Waals surface area contributed by atoms with Crippen LogP contribution in [0.3, 0.4) is 0 Å². The van der Waals surface area contributed by atoms with Crippen molar-refractivity contribution >= 4 is 16.8 Å². The number of hydrogen-bond acceptors (Lipinski definition) is 1. The first-order chi connectivity index (χ1) is 9.46. The van der Waals surface area contributed by atoms with E-state index in [4.69, 9.17) is 0 Å². The van der Waals surface area contributed by atoms with Gasteiger partial charge in [0.05, 0.1) is 0 Å². The van der Waals surface area contributed by atoms with E-state index >= 15 is 0 Å². The lowest BCUT2D eigenvalue weighted by molar-refractivity contribution is -0.138. The van der Waals surface area contributed by atoms with Crippen LogP contribution in [0.2, 0.25) is 0 Å². The Labute approximate surface area is 114 Å². The van der Waals surface area contributed by atoms with Gasteiger partial charge in [-0.15, -0.1) is 0 Å². The van der Waals surface area contributed by atoms with Crippen molar-refractivity contribution in [3.05, 3.63) is 36.0 Å². The van der Waals surface area contributed by atoms with Crippen molar-refractivity contribution < 1.29 is 18.0 Å². The molecular formula is C14H15F3N2O. The molecule has 0 aliphatic rings. The van der Waals surface area contributed by atoms with Gasteiger partial charge in [-0.1, -0.05) is 18.2 Å². The zero-order chi connectivity index (χ0) is 14.6. The highest BCUT2D eigenvalue weighted by atomic mass is 19.4. The maximum atomic E-state index is 11.9. The van der Waals surface area contributed by atoms with Gasteiger partial charge in [0, 0.05) is 23.5 Å². The Kier molecular flexibility index (Phi) is 4.32. The number of aromatic amines is 1. The molecule has 0 aliphatic heterocycles. The number of benzene rings is 1. The second-order valence-corrected chi connectivity index (χ2v) is 4.60. The lowest BCUT2D eigenvalue weighted by Crippen LogP contribution is -2.33. The van der Waals surface area contributed by atoms with Crippen LogP contribution in [0, 0.1) is 0 Å². The first kappa shape index (κ1) is 14.4. The van der Waals surface area contributed by atoms with Gasteiger partial charge >= 0.3 is 6.18 Å². The number of carbonyl (C=O) groups excluding carboxylic acids is 1. The Morgan fingerprint density at radius 3 is 2.75 bits per heavy atom. The van der Waals surface area contributed by atoms with Crippen LogP contribution >= 0.6 is 0 Å². The van der Waals surface area contributed by atoms with Crippen LogP contribution in [0.25, 0.3) is 10.9 Å². The van der Waals surface area contributed by atoms with Crippen molar-refractivity contribution in [1.29, 1.82) is 0 Å². The number of hydrogen-bond donors (Lipinski definition) is 2. The van der Waals surface area contributed by atoms with Crippen LogP contribution in [0.5, 0.6) is 0 Å². The molecule has 0 radical (unpaired) electrons. The number of para-hydroxylation sites is 1. The minimum absolute atomic E-state index is 0.0928. The van der Waals surface area contributed by atoms with Gasteiger partial charge in [-0.05, 0) is 24.5 Å². The maximum Gasteiger partial charge on any atom is 0.405 e. The lowest BCUT2D eigenvalue weighted by Gasteiger charge is -2.07. The summed E-state index contributed by atoms with van der Waals surface area (Å²) in [6.45, 7) is -1.26. The van der Waals surface area contributed by atoms with E-state index in [2.05, 4.69) is 4.98 Å². The third-order valence-electron chi connectivity index (χ3n) is 3.01. The Morgan fingerprint density at radius 1 is 1.25 bits per heavy atom. The van der Waals surface area contributed by atoms with Crippen molar-refractivity contribution in [3.63, 3.8) is 0 Å². The number of H-pyrrole nitrogens is 1. The normalized spacial score (nSPS) is 11.8. The van der Waals surface area contributed by atoms with E-state index < -0.39 is 18.6 Å². The van der Waals surface area contributed by atoms with Crippen LogP contribution in [0.1, 0.15) is 18.4 Å². The Bertz CT molecular complexity index is 589. The molecule has 0 bridgehead atoms. The van der Waals surface area contributed by atoms with Crippen LogP contribution in [-0.4, -0.2) is 23.6 Å². The highest BCUT2D eigenvalue weighted by Crippen LogP contribution is 2.19. The molecule has 0 unspecified atom stereocenters. The fourth-order valence-corrected chi connectivity index (χ4v) is 2.07. The SMILES string of the molecule is O=C(CCCc1c[nH]c2ccccc12)NCC(F)(F)F. The summed E-state index contributed by atoms with van der Waals surface area (Å²) in [5, 5.41) is 2.95. The summed E-state index contributed by atoms with van der Waals surface area (Å²) in [6.07, 6.45) is -1.21. The zero-order valence-corrected chi connectivity index (χ0v) is 10.8. The minimum Gasteiger partial charge on any atom is -0.361 e. The lowest BCUT2D eigenvalue weighted by atomic mass is 10.1. The molecular weight excluding hydrogens is 269 g/mol. The highest BCUT2D eigenvalue weighted by Gasteiger charge is 2.27. The molecule has 1 amide bonds. The van der Waals surface area contributed by atoms with E-state index in [1.54, 1.807) is 0 Å². The van der Waals surface area contributed by atoms with E-state index in [1.165, 1.54) is 0 Å². The molecule has 0 saturated carbocycles. The zero-order valence-electron chi connectivity index (χ0n) is 10.8. The second kappa shape index (κ2) is 5.98. The molecule has 0 saturated heterocycles. The van der Waals surface area contributed by atoms with Crippen LogP contribution < -0.4 is 5.32 Å². The number of aryl methyl sites for hydroxylation is 1. The molecule has 108 valence electrons. The molecule has 1 aromatic carbocycles. The fourth-order valence-electron chi connectivity index (χ4n) is 2.07. The summed E-state index contributed by atoms with van der Waals surface area (Å²) in [7, 11) is 0. The molecule has 3 nitrogen and oxygen atoms in total. The van der Waals surface area contributed by atoms with E-state index in [9.17, 15) is 18.0 Å². The summed E-state index contributed by atoms with van der Waals surface area (Å²) < 4.78 is 35.8. The number of fused-ring (bicyclic) bond motifs is 1. The van der Waals surface area contributed by atoms with E-state index in [-0.39, 0.29) is 6.42 Å². The summed E-state index contributed by atoms with van der Waals surface area (Å²) in [5.41, 5.74) is 2.09. The quantitative estimate of drug-likeness (QED) is 0.870. The summed E-state index contributed by atoms with van der Waals surface area (Å²) in [4.78, 5) is 14.4. The van der Waals surface area contributed by atoms with Crippen molar-refractivity contribution in [3.8, 4) is 0 Å². The van der Waals surface area contributed by atoms with Gasteiger partial charge in [0.1, 0.15) is 6.54 Å². The smallest absolute Gasteiger partial charge is 0.361 e. The Morgan fingerprint density at radius 2 is 2.00 bits per heavy atom. The molecule has 0 aliphatic carbocycles. The largest absolute Gasteiger partial charge is 0.405 e. The van der Waals surface area contributed by atoms with Gasteiger partial charge in [0.25, 0.3) is 0 Å². The van der Waals surface area contributed by atoms with Crippen molar-refractivity contribution in [1.82, 2.24) is 10.3 Å². The first-order valence-corrected chi connectivity index (χ1v) is 6.34. The van der Waals surface area contributed by atoms with Crippen molar-refractivity contribution in [2.75, 3.05) is 6.54 Å². The fraction of sp³-hybridized carbons (Fsp3) is 0.357. The predicted molar refractivity (Wildman–Crippen MR) is 70.3 cm³/mol. The van der Waals surface area contributed by atoms with Crippen molar-refractivity contribution in [2.45, 2.75) is 25.4 Å². The van der Waals surface area contributed by atoms with Crippen LogP contribution in [-0.2, 0) is 11.2 Å². The van der Waals surface area contributed by atoms with Crippen LogP contribution in [0.15, 0.2) is 30.5 Å². The predicted octanol–water partition coefficient (Wildman–Crippen LogP) is 3.17. The van der Waals surface area contributed by atoms with Gasteiger partial charge in [-0.3, -0.25) is 4.79 Å². The number of aromatic nitrogens is 1. The number of halogens is 3. The highest BCUT2D eigenvalue weighted by molar-refractivity contribution is 5.83. The molecule has 6 heteroatoms. The average molecular weight is 284 g/mol. The first-order valence-electron chi connectivity index (χ1n) is 6.34. The van der Waals surface area contributed by atoms with Crippen LogP contribution in [0.4, 0.5) is 13.2 Å². The summed E-state index contributed by atoms with van der Waals surface area (Å²) in [6, 6.07) is 7.78. The summed E-state index contributed by atoms with van der Waals surface area (Å²) in [5.74, 6) is -0.567. The van der Waals surface area contributed by atoms with Gasteiger partial charge in [0.2, 0.25) is 5.91 Å². The Hall–Kier alpha value is -1.98. The second-order valence-electron chi connectivity index (χ2n) is 4.60. The molecule has 2 rings (SSSR count). The van der Waals surface area contributed by atoms with E-state index in [1.807, 2.05) is 35.8 Å².